The van der Waals surface area contributed by atoms with Crippen molar-refractivity contribution in [1.82, 2.24) is 15.0 Å². The minimum absolute atomic E-state index is 0.144. The summed E-state index contributed by atoms with van der Waals surface area (Å²) in [7, 11) is 0. The first-order valence-electron chi connectivity index (χ1n) is 9.88. The maximum absolute atomic E-state index is 12.6. The van der Waals surface area contributed by atoms with Crippen LogP contribution in [-0.4, -0.2) is 39.7 Å². The maximum Gasteiger partial charge on any atom is 0.338 e. The van der Waals surface area contributed by atoms with Gasteiger partial charge < -0.3 is 24.5 Å². The van der Waals surface area contributed by atoms with E-state index < -0.39 is 18.0 Å². The number of rotatable bonds is 5. The fraction of sp³-hybridized carbons (Fsp3) is 0.130. The van der Waals surface area contributed by atoms with Crippen LogP contribution in [0.5, 0.6) is 11.5 Å². The summed E-state index contributed by atoms with van der Waals surface area (Å²) in [6.45, 7) is 1.65. The Morgan fingerprint density at radius 2 is 2.00 bits per heavy atom. The number of aromatic amines is 1. The van der Waals surface area contributed by atoms with E-state index in [1.807, 2.05) is 12.1 Å². The molecule has 3 heterocycles. The van der Waals surface area contributed by atoms with Gasteiger partial charge in [-0.1, -0.05) is 0 Å². The molecule has 9 nitrogen and oxygen atoms in total. The number of pyridine rings is 1. The van der Waals surface area contributed by atoms with Crippen LogP contribution >= 0.6 is 0 Å². The smallest absolute Gasteiger partial charge is 0.338 e. The van der Waals surface area contributed by atoms with Gasteiger partial charge in [0.1, 0.15) is 5.82 Å². The summed E-state index contributed by atoms with van der Waals surface area (Å²) in [5.41, 5.74) is 3.04. The van der Waals surface area contributed by atoms with Gasteiger partial charge in [-0.25, -0.2) is 9.78 Å². The SMILES string of the molecule is CC(OC(=O)c1ccc2nc(-c3cccnc3)[nH]c2c1)C(=O)Nc1ccc2c(c1)OCO2. The van der Waals surface area contributed by atoms with Crippen LogP contribution in [0.3, 0.4) is 0 Å². The lowest BCUT2D eigenvalue weighted by Gasteiger charge is -2.14. The highest BCUT2D eigenvalue weighted by Gasteiger charge is 2.21. The van der Waals surface area contributed by atoms with Gasteiger partial charge in [0.05, 0.1) is 16.6 Å². The van der Waals surface area contributed by atoms with E-state index in [1.165, 1.54) is 6.92 Å². The first-order valence-corrected chi connectivity index (χ1v) is 9.88. The molecule has 2 aromatic carbocycles. The number of amides is 1. The Morgan fingerprint density at radius 1 is 1.12 bits per heavy atom. The van der Waals surface area contributed by atoms with E-state index >= 15 is 0 Å². The third-order valence-electron chi connectivity index (χ3n) is 4.95. The first-order chi connectivity index (χ1) is 15.6. The molecule has 1 atom stereocenters. The standard InChI is InChI=1S/C23H18N4O5/c1-13(22(28)25-16-5-7-19-20(10-16)31-12-30-19)32-23(29)14-4-6-17-18(9-14)27-21(26-17)15-3-2-8-24-11-15/h2-11,13H,12H2,1H3,(H,25,28)(H,26,27). The highest BCUT2D eigenvalue weighted by atomic mass is 16.7. The summed E-state index contributed by atoms with van der Waals surface area (Å²) in [6.07, 6.45) is 2.38. The fourth-order valence-corrected chi connectivity index (χ4v) is 3.28. The molecule has 0 spiro atoms. The number of benzene rings is 2. The number of anilines is 1. The molecule has 0 aliphatic carbocycles. The summed E-state index contributed by atoms with van der Waals surface area (Å²) >= 11 is 0. The van der Waals surface area contributed by atoms with Gasteiger partial charge in [-0.05, 0) is 49.4 Å². The molecule has 5 rings (SSSR count). The van der Waals surface area contributed by atoms with Crippen LogP contribution in [0.2, 0.25) is 0 Å². The van der Waals surface area contributed by atoms with Gasteiger partial charge in [0.15, 0.2) is 17.6 Å². The Hall–Kier alpha value is -4.40. The molecule has 4 aromatic rings. The van der Waals surface area contributed by atoms with Gasteiger partial charge in [0.25, 0.3) is 5.91 Å². The van der Waals surface area contributed by atoms with Crippen molar-refractivity contribution >= 4 is 28.6 Å². The summed E-state index contributed by atoms with van der Waals surface area (Å²) < 4.78 is 15.9. The topological polar surface area (TPSA) is 115 Å². The minimum atomic E-state index is -1.00. The predicted molar refractivity (Wildman–Crippen MR) is 115 cm³/mol. The van der Waals surface area contributed by atoms with E-state index in [2.05, 4.69) is 20.3 Å². The number of aromatic nitrogens is 3. The van der Waals surface area contributed by atoms with E-state index in [1.54, 1.807) is 48.8 Å². The molecule has 2 N–H and O–H groups in total. The van der Waals surface area contributed by atoms with Crippen LogP contribution in [0.25, 0.3) is 22.4 Å². The number of carbonyl (C=O) groups is 2. The summed E-state index contributed by atoms with van der Waals surface area (Å²) in [6, 6.07) is 13.7. The Labute approximate surface area is 182 Å². The lowest BCUT2D eigenvalue weighted by molar-refractivity contribution is -0.123. The zero-order chi connectivity index (χ0) is 22.1. The summed E-state index contributed by atoms with van der Waals surface area (Å²) in [4.78, 5) is 36.8. The van der Waals surface area contributed by atoms with Crippen molar-refractivity contribution in [3.05, 3.63) is 66.5 Å². The third kappa shape index (κ3) is 3.83. The second kappa shape index (κ2) is 8.03. The van der Waals surface area contributed by atoms with Gasteiger partial charge in [0, 0.05) is 29.7 Å². The van der Waals surface area contributed by atoms with Crippen molar-refractivity contribution in [3.63, 3.8) is 0 Å². The molecule has 160 valence electrons. The molecule has 0 saturated carbocycles. The Balaban J connectivity index is 1.27. The molecule has 32 heavy (non-hydrogen) atoms. The van der Waals surface area contributed by atoms with Crippen molar-refractivity contribution in [3.8, 4) is 22.9 Å². The zero-order valence-electron chi connectivity index (χ0n) is 17.0. The maximum atomic E-state index is 12.6. The van der Waals surface area contributed by atoms with Crippen LogP contribution < -0.4 is 14.8 Å². The molecule has 1 unspecified atom stereocenters. The number of H-pyrrole nitrogens is 1. The quantitative estimate of drug-likeness (QED) is 0.465. The predicted octanol–water partition coefficient (Wildman–Crippen LogP) is 3.54. The molecule has 1 amide bonds. The average Bonchev–Trinajstić information content (AvgIpc) is 3.45. The van der Waals surface area contributed by atoms with Crippen LogP contribution in [0, 0.1) is 0 Å². The van der Waals surface area contributed by atoms with Gasteiger partial charge in [0.2, 0.25) is 6.79 Å². The number of hydrogen-bond donors (Lipinski definition) is 2. The lowest BCUT2D eigenvalue weighted by atomic mass is 10.2. The number of nitrogens with zero attached hydrogens (tertiary/aromatic N) is 2. The molecular weight excluding hydrogens is 412 g/mol. The van der Waals surface area contributed by atoms with E-state index in [9.17, 15) is 9.59 Å². The molecule has 0 bridgehead atoms. The number of esters is 1. The molecule has 0 fully saturated rings. The number of imidazole rings is 1. The first kappa shape index (κ1) is 19.6. The minimum Gasteiger partial charge on any atom is -0.454 e. The number of nitrogens with one attached hydrogen (secondary N) is 2. The highest BCUT2D eigenvalue weighted by Crippen LogP contribution is 2.34. The molecule has 1 aliphatic rings. The molecule has 0 saturated heterocycles. The Bertz CT molecular complexity index is 1320. The Morgan fingerprint density at radius 3 is 2.84 bits per heavy atom. The number of carbonyl (C=O) groups excluding carboxylic acids is 2. The lowest BCUT2D eigenvalue weighted by Crippen LogP contribution is -2.30. The van der Waals surface area contributed by atoms with Crippen LogP contribution in [0.15, 0.2) is 60.9 Å². The van der Waals surface area contributed by atoms with E-state index in [0.717, 1.165) is 5.56 Å². The van der Waals surface area contributed by atoms with Crippen LogP contribution in [-0.2, 0) is 9.53 Å². The van der Waals surface area contributed by atoms with Crippen molar-refractivity contribution in [2.24, 2.45) is 0 Å². The highest BCUT2D eigenvalue weighted by molar-refractivity contribution is 5.98. The fourth-order valence-electron chi connectivity index (χ4n) is 3.28. The second-order valence-electron chi connectivity index (χ2n) is 7.16. The van der Waals surface area contributed by atoms with Gasteiger partial charge in [-0.2, -0.15) is 0 Å². The number of fused-ring (bicyclic) bond motifs is 2. The van der Waals surface area contributed by atoms with Crippen molar-refractivity contribution in [2.75, 3.05) is 12.1 Å². The summed E-state index contributed by atoms with van der Waals surface area (Å²) in [5.74, 6) is 0.737. The molecule has 0 radical (unpaired) electrons. The molecule has 9 heteroatoms. The van der Waals surface area contributed by atoms with Crippen LogP contribution in [0.4, 0.5) is 5.69 Å². The molecule has 2 aromatic heterocycles. The number of hydrogen-bond acceptors (Lipinski definition) is 7. The van der Waals surface area contributed by atoms with Gasteiger partial charge in [-0.15, -0.1) is 0 Å². The third-order valence-corrected chi connectivity index (χ3v) is 4.95. The van der Waals surface area contributed by atoms with Gasteiger partial charge in [-0.3, -0.25) is 9.78 Å². The molecular formula is C23H18N4O5. The Kier molecular flexibility index (Phi) is 4.91. The van der Waals surface area contributed by atoms with Crippen molar-refractivity contribution < 1.29 is 23.8 Å². The van der Waals surface area contributed by atoms with Gasteiger partial charge >= 0.3 is 5.97 Å². The second-order valence-corrected chi connectivity index (χ2v) is 7.16. The number of ether oxygens (including phenoxy) is 3. The molecule has 1 aliphatic heterocycles. The van der Waals surface area contributed by atoms with Crippen LogP contribution in [0.1, 0.15) is 17.3 Å². The monoisotopic (exact) mass is 430 g/mol. The summed E-state index contributed by atoms with van der Waals surface area (Å²) in [5, 5.41) is 2.71. The van der Waals surface area contributed by atoms with E-state index in [4.69, 9.17) is 14.2 Å². The average molecular weight is 430 g/mol. The normalized spacial score (nSPS) is 13.0. The van der Waals surface area contributed by atoms with Crippen molar-refractivity contribution in [1.29, 1.82) is 0 Å². The van der Waals surface area contributed by atoms with Crippen molar-refractivity contribution in [2.45, 2.75) is 13.0 Å². The largest absolute Gasteiger partial charge is 0.454 e. The van der Waals surface area contributed by atoms with E-state index in [0.29, 0.717) is 39.6 Å². The zero-order valence-corrected chi connectivity index (χ0v) is 17.0. The van der Waals surface area contributed by atoms with E-state index in [-0.39, 0.29) is 6.79 Å².